The molecule has 1 heterocycles. The average molecular weight is 249 g/mol. The number of carboxylic acids is 1. The predicted octanol–water partition coefficient (Wildman–Crippen LogP) is 0.492. The van der Waals surface area contributed by atoms with Crippen molar-refractivity contribution in [1.82, 2.24) is 4.90 Å². The number of carboxylic acid groups (broad SMARTS) is 1. The Balaban J connectivity index is 1.70. The van der Waals surface area contributed by atoms with Crippen LogP contribution in [0.15, 0.2) is 0 Å². The molecule has 4 fully saturated rings. The van der Waals surface area contributed by atoms with Crippen LogP contribution in [0.25, 0.3) is 0 Å². The molecule has 0 aromatic heterocycles. The molecular formula is C13H15NO4. The Morgan fingerprint density at radius 1 is 1.17 bits per heavy atom. The third-order valence-corrected chi connectivity index (χ3v) is 5.74. The summed E-state index contributed by atoms with van der Waals surface area (Å²) in [6.45, 7) is -0.461. The molecule has 1 aliphatic heterocycles. The van der Waals surface area contributed by atoms with E-state index in [9.17, 15) is 14.4 Å². The molecule has 1 spiro atoms. The molecule has 4 unspecified atom stereocenters. The van der Waals surface area contributed by atoms with E-state index in [1.54, 1.807) is 0 Å². The van der Waals surface area contributed by atoms with E-state index in [0.29, 0.717) is 11.8 Å². The van der Waals surface area contributed by atoms with E-state index in [1.807, 2.05) is 0 Å². The maximum absolute atomic E-state index is 12.3. The summed E-state index contributed by atoms with van der Waals surface area (Å²) in [6.07, 6.45) is 4.42. The van der Waals surface area contributed by atoms with Crippen LogP contribution in [0.3, 0.4) is 0 Å². The molecule has 3 saturated carbocycles. The number of nitrogens with zero attached hydrogens (tertiary/aromatic N) is 1. The summed E-state index contributed by atoms with van der Waals surface area (Å²) >= 11 is 0. The highest BCUT2D eigenvalue weighted by Gasteiger charge is 2.74. The van der Waals surface area contributed by atoms with Crippen molar-refractivity contribution in [2.45, 2.75) is 25.7 Å². The Hall–Kier alpha value is -1.39. The fourth-order valence-corrected chi connectivity index (χ4v) is 5.08. The van der Waals surface area contributed by atoms with Gasteiger partial charge in [-0.3, -0.25) is 19.3 Å². The van der Waals surface area contributed by atoms with Gasteiger partial charge in [0.15, 0.2) is 0 Å². The Morgan fingerprint density at radius 2 is 1.67 bits per heavy atom. The first-order valence-corrected chi connectivity index (χ1v) is 6.63. The van der Waals surface area contributed by atoms with Gasteiger partial charge in [0.05, 0.1) is 11.8 Å². The van der Waals surface area contributed by atoms with Crippen LogP contribution >= 0.6 is 0 Å². The molecule has 3 aliphatic carbocycles. The second-order valence-corrected chi connectivity index (χ2v) is 6.23. The fourth-order valence-electron chi connectivity index (χ4n) is 5.08. The monoisotopic (exact) mass is 249 g/mol. The number of hydrogen-bond acceptors (Lipinski definition) is 3. The van der Waals surface area contributed by atoms with Crippen LogP contribution in [0.4, 0.5) is 0 Å². The summed E-state index contributed by atoms with van der Waals surface area (Å²) in [5.74, 6) is -1.23. The van der Waals surface area contributed by atoms with Gasteiger partial charge in [-0.05, 0) is 42.9 Å². The highest BCUT2D eigenvalue weighted by atomic mass is 16.4. The van der Waals surface area contributed by atoms with Gasteiger partial charge >= 0.3 is 5.97 Å². The Morgan fingerprint density at radius 3 is 2.06 bits per heavy atom. The molecule has 1 saturated heterocycles. The molecule has 2 amide bonds. The molecular weight excluding hydrogens is 234 g/mol. The van der Waals surface area contributed by atoms with Gasteiger partial charge in [0, 0.05) is 0 Å². The lowest BCUT2D eigenvalue weighted by atomic mass is 9.81. The van der Waals surface area contributed by atoms with Crippen molar-refractivity contribution in [3.63, 3.8) is 0 Å². The van der Waals surface area contributed by atoms with Crippen molar-refractivity contribution in [2.75, 3.05) is 6.54 Å². The van der Waals surface area contributed by atoms with Gasteiger partial charge in [-0.2, -0.15) is 0 Å². The van der Waals surface area contributed by atoms with E-state index in [1.165, 1.54) is 0 Å². The minimum Gasteiger partial charge on any atom is -0.480 e. The number of imide groups is 1. The minimum atomic E-state index is -1.11. The van der Waals surface area contributed by atoms with Crippen LogP contribution in [-0.4, -0.2) is 34.3 Å². The second kappa shape index (κ2) is 2.95. The van der Waals surface area contributed by atoms with Crippen LogP contribution in [0, 0.1) is 29.1 Å². The van der Waals surface area contributed by atoms with E-state index in [-0.39, 0.29) is 29.1 Å². The number of carbonyl (C=O) groups excluding carboxylic acids is 2. The zero-order valence-corrected chi connectivity index (χ0v) is 9.96. The minimum absolute atomic E-state index is 0.196. The van der Waals surface area contributed by atoms with Crippen LogP contribution in [0.2, 0.25) is 0 Å². The highest BCUT2D eigenvalue weighted by molar-refractivity contribution is 6.08. The Labute approximate surface area is 104 Å². The number of amides is 2. The van der Waals surface area contributed by atoms with E-state index >= 15 is 0 Å². The van der Waals surface area contributed by atoms with E-state index in [4.69, 9.17) is 5.11 Å². The highest BCUT2D eigenvalue weighted by Crippen LogP contribution is 2.75. The molecule has 1 N–H and O–H groups in total. The first kappa shape index (κ1) is 10.5. The zero-order valence-electron chi connectivity index (χ0n) is 9.96. The zero-order chi connectivity index (χ0) is 12.7. The van der Waals surface area contributed by atoms with Gasteiger partial charge < -0.3 is 5.11 Å². The third kappa shape index (κ3) is 0.978. The second-order valence-electron chi connectivity index (χ2n) is 6.23. The topological polar surface area (TPSA) is 74.7 Å². The van der Waals surface area contributed by atoms with Gasteiger partial charge in [-0.15, -0.1) is 0 Å². The Bertz CT molecular complexity index is 449. The lowest BCUT2D eigenvalue weighted by molar-refractivity contribution is -0.150. The van der Waals surface area contributed by atoms with Gasteiger partial charge in [-0.1, -0.05) is 0 Å². The molecule has 5 nitrogen and oxygen atoms in total. The molecule has 0 aromatic carbocycles. The molecule has 4 rings (SSSR count). The molecule has 96 valence electrons. The lowest BCUT2D eigenvalue weighted by Crippen LogP contribution is -2.38. The molecule has 18 heavy (non-hydrogen) atoms. The number of carbonyl (C=O) groups is 3. The SMILES string of the molecule is O=C(O)CN1C(=O)C2C(C1=O)C1CCC2C12CC2. The van der Waals surface area contributed by atoms with E-state index in [2.05, 4.69) is 0 Å². The quantitative estimate of drug-likeness (QED) is 0.723. The number of rotatable bonds is 2. The van der Waals surface area contributed by atoms with Crippen LogP contribution in [0.1, 0.15) is 25.7 Å². The number of aliphatic carboxylic acids is 1. The molecule has 5 heteroatoms. The van der Waals surface area contributed by atoms with E-state index < -0.39 is 12.5 Å². The summed E-state index contributed by atoms with van der Waals surface area (Å²) < 4.78 is 0. The number of hydrogen-bond donors (Lipinski definition) is 1. The first-order chi connectivity index (χ1) is 8.56. The van der Waals surface area contributed by atoms with Crippen LogP contribution in [-0.2, 0) is 14.4 Å². The maximum atomic E-state index is 12.3. The summed E-state index contributed by atoms with van der Waals surface area (Å²) in [7, 11) is 0. The van der Waals surface area contributed by atoms with Crippen LogP contribution in [0.5, 0.6) is 0 Å². The number of fused-ring (bicyclic) bond motifs is 3. The van der Waals surface area contributed by atoms with Crippen molar-refractivity contribution in [3.05, 3.63) is 0 Å². The van der Waals surface area contributed by atoms with Gasteiger partial charge in [-0.25, -0.2) is 0 Å². The van der Waals surface area contributed by atoms with Gasteiger partial charge in [0.25, 0.3) is 0 Å². The molecule has 4 atom stereocenters. The van der Waals surface area contributed by atoms with Crippen molar-refractivity contribution >= 4 is 17.8 Å². The van der Waals surface area contributed by atoms with Crippen molar-refractivity contribution in [1.29, 1.82) is 0 Å². The normalized spacial score (nSPS) is 42.8. The van der Waals surface area contributed by atoms with Crippen molar-refractivity contribution in [3.8, 4) is 0 Å². The smallest absolute Gasteiger partial charge is 0.323 e. The predicted molar refractivity (Wildman–Crippen MR) is 59.2 cm³/mol. The summed E-state index contributed by atoms with van der Waals surface area (Å²) in [5.41, 5.74) is 0.288. The maximum Gasteiger partial charge on any atom is 0.323 e. The molecule has 2 bridgehead atoms. The first-order valence-electron chi connectivity index (χ1n) is 6.63. The number of likely N-dealkylation sites (tertiary alicyclic amines) is 1. The van der Waals surface area contributed by atoms with Crippen molar-refractivity contribution in [2.24, 2.45) is 29.1 Å². The van der Waals surface area contributed by atoms with Gasteiger partial charge in [0.2, 0.25) is 11.8 Å². The van der Waals surface area contributed by atoms with Gasteiger partial charge in [0.1, 0.15) is 6.54 Å². The largest absolute Gasteiger partial charge is 0.480 e. The Kier molecular flexibility index (Phi) is 1.72. The van der Waals surface area contributed by atoms with E-state index in [0.717, 1.165) is 30.6 Å². The summed E-state index contributed by atoms with van der Waals surface area (Å²) in [6, 6.07) is 0. The summed E-state index contributed by atoms with van der Waals surface area (Å²) in [5, 5.41) is 8.79. The molecule has 4 aliphatic rings. The molecule has 0 aromatic rings. The van der Waals surface area contributed by atoms with Crippen molar-refractivity contribution < 1.29 is 19.5 Å². The lowest BCUT2D eigenvalue weighted by Gasteiger charge is -2.20. The average Bonchev–Trinajstić information content (AvgIpc) is 2.92. The molecule has 0 radical (unpaired) electrons. The third-order valence-electron chi connectivity index (χ3n) is 5.74. The fraction of sp³-hybridized carbons (Fsp3) is 0.769. The summed E-state index contributed by atoms with van der Waals surface area (Å²) in [4.78, 5) is 36.3. The standard InChI is InChI=1S/C13H15NO4/c15-8(16)5-14-11(17)9-6-1-2-7(10(9)12(14)18)13(6)3-4-13/h6-7,9-10H,1-5H2,(H,15,16). The van der Waals surface area contributed by atoms with Crippen LogP contribution < -0.4 is 0 Å².